The molecule has 0 spiro atoms. The predicted octanol–water partition coefficient (Wildman–Crippen LogP) is 3.76. The number of hydrogen-bond acceptors (Lipinski definition) is 3. The van der Waals surface area contributed by atoms with Crippen LogP contribution in [-0.2, 0) is 4.79 Å². The fraction of sp³-hybridized carbons (Fsp3) is 0.333. The lowest BCUT2D eigenvalue weighted by Crippen LogP contribution is -2.27. The first-order valence-electron chi connectivity index (χ1n) is 6.48. The van der Waals surface area contributed by atoms with Gasteiger partial charge >= 0.3 is 0 Å². The zero-order valence-electron chi connectivity index (χ0n) is 11.9. The Morgan fingerprint density at radius 3 is 2.75 bits per heavy atom. The number of rotatable bonds is 4. The molecule has 1 aliphatic rings. The van der Waals surface area contributed by atoms with Gasteiger partial charge in [0.2, 0.25) is 0 Å². The van der Waals surface area contributed by atoms with E-state index in [2.05, 4.69) is 44.2 Å². The largest absolute Gasteiger partial charge is 0.349 e. The van der Waals surface area contributed by atoms with Crippen molar-refractivity contribution in [2.75, 3.05) is 6.54 Å². The molecule has 0 radical (unpaired) electrons. The van der Waals surface area contributed by atoms with Crippen molar-refractivity contribution in [2.45, 2.75) is 26.8 Å². The van der Waals surface area contributed by atoms with Gasteiger partial charge in [-0.3, -0.25) is 9.69 Å². The van der Waals surface area contributed by atoms with Crippen molar-refractivity contribution in [3.8, 4) is 0 Å². The Bertz CT molecular complexity index is 599. The number of thiocarbonyl (C=S) groups is 1. The quantitative estimate of drug-likeness (QED) is 0.481. The summed E-state index contributed by atoms with van der Waals surface area (Å²) in [7, 11) is 0. The molecule has 1 aliphatic heterocycles. The van der Waals surface area contributed by atoms with Gasteiger partial charge in [0.1, 0.15) is 4.32 Å². The normalized spacial score (nSPS) is 17.6. The maximum Gasteiger partial charge on any atom is 0.266 e. The predicted molar refractivity (Wildman–Crippen MR) is 89.6 cm³/mol. The molecular formula is C15H18N2OS2. The Kier molecular flexibility index (Phi) is 4.50. The van der Waals surface area contributed by atoms with E-state index in [0.717, 1.165) is 5.56 Å². The standard InChI is InChI=1S/C15H18N2OS2/c1-5-6-16-14(18)13(20-15(16)19)8-12-7-11(4)17(9-12)10(2)3/h5,7-10H,1,6H2,2-4H3/b13-8+. The summed E-state index contributed by atoms with van der Waals surface area (Å²) in [5.41, 5.74) is 2.23. The maximum absolute atomic E-state index is 12.2. The SMILES string of the molecule is C=CCN1C(=O)/C(=C\c2cc(C)n(C(C)C)c2)SC1=S. The second kappa shape index (κ2) is 5.97. The third-order valence-corrected chi connectivity index (χ3v) is 4.49. The van der Waals surface area contributed by atoms with Crippen LogP contribution in [0.4, 0.5) is 0 Å². The van der Waals surface area contributed by atoms with Crippen LogP contribution in [0.2, 0.25) is 0 Å². The molecule has 1 aromatic rings. The summed E-state index contributed by atoms with van der Waals surface area (Å²) in [4.78, 5) is 14.5. The van der Waals surface area contributed by atoms with Crippen molar-refractivity contribution in [1.82, 2.24) is 9.47 Å². The van der Waals surface area contributed by atoms with Gasteiger partial charge in [-0.15, -0.1) is 6.58 Å². The number of aromatic nitrogens is 1. The highest BCUT2D eigenvalue weighted by Gasteiger charge is 2.31. The molecule has 0 bridgehead atoms. The number of carbonyl (C=O) groups is 1. The first-order valence-corrected chi connectivity index (χ1v) is 7.71. The Labute approximate surface area is 129 Å². The van der Waals surface area contributed by atoms with Crippen LogP contribution in [0, 0.1) is 6.92 Å². The van der Waals surface area contributed by atoms with E-state index in [0.29, 0.717) is 21.8 Å². The average molecular weight is 306 g/mol. The van der Waals surface area contributed by atoms with Crippen molar-refractivity contribution < 1.29 is 4.79 Å². The molecule has 5 heteroatoms. The average Bonchev–Trinajstić information content (AvgIpc) is 2.86. The lowest BCUT2D eigenvalue weighted by Gasteiger charge is -2.10. The zero-order chi connectivity index (χ0) is 14.9. The smallest absolute Gasteiger partial charge is 0.266 e. The summed E-state index contributed by atoms with van der Waals surface area (Å²) in [5, 5.41) is 0. The topological polar surface area (TPSA) is 25.2 Å². The van der Waals surface area contributed by atoms with Crippen molar-refractivity contribution in [1.29, 1.82) is 0 Å². The van der Waals surface area contributed by atoms with Gasteiger partial charge in [0.05, 0.1) is 4.91 Å². The summed E-state index contributed by atoms with van der Waals surface area (Å²) >= 11 is 6.58. The lowest BCUT2D eigenvalue weighted by molar-refractivity contribution is -0.121. The molecule has 1 aromatic heterocycles. The Balaban J connectivity index is 2.28. The fourth-order valence-electron chi connectivity index (χ4n) is 2.19. The molecule has 1 fully saturated rings. The molecule has 2 heterocycles. The van der Waals surface area contributed by atoms with E-state index in [1.807, 2.05) is 6.08 Å². The molecule has 20 heavy (non-hydrogen) atoms. The number of aryl methyl sites for hydroxylation is 1. The molecular weight excluding hydrogens is 288 g/mol. The second-order valence-corrected chi connectivity index (χ2v) is 6.67. The van der Waals surface area contributed by atoms with E-state index < -0.39 is 0 Å². The third-order valence-electron chi connectivity index (χ3n) is 3.11. The molecule has 2 rings (SSSR count). The summed E-state index contributed by atoms with van der Waals surface area (Å²) in [6.07, 6.45) is 5.67. The molecule has 0 N–H and O–H groups in total. The second-order valence-electron chi connectivity index (χ2n) is 5.00. The summed E-state index contributed by atoms with van der Waals surface area (Å²) in [6, 6.07) is 2.49. The van der Waals surface area contributed by atoms with Crippen LogP contribution in [0.3, 0.4) is 0 Å². The lowest BCUT2D eigenvalue weighted by atomic mass is 10.3. The van der Waals surface area contributed by atoms with Gasteiger partial charge < -0.3 is 4.57 Å². The molecule has 0 aromatic carbocycles. The van der Waals surface area contributed by atoms with Crippen LogP contribution < -0.4 is 0 Å². The van der Waals surface area contributed by atoms with E-state index in [1.54, 1.807) is 11.0 Å². The molecule has 0 saturated carbocycles. The highest BCUT2D eigenvalue weighted by Crippen LogP contribution is 2.32. The first kappa shape index (κ1) is 15.1. The fourth-order valence-corrected chi connectivity index (χ4v) is 3.46. The van der Waals surface area contributed by atoms with Gasteiger partial charge in [-0.05, 0) is 38.5 Å². The van der Waals surface area contributed by atoms with Crippen LogP contribution in [0.1, 0.15) is 31.1 Å². The number of amides is 1. The third kappa shape index (κ3) is 2.88. The van der Waals surface area contributed by atoms with Gasteiger partial charge in [0, 0.05) is 24.5 Å². The van der Waals surface area contributed by atoms with Gasteiger partial charge in [0.25, 0.3) is 5.91 Å². The van der Waals surface area contributed by atoms with Crippen molar-refractivity contribution in [3.63, 3.8) is 0 Å². The Morgan fingerprint density at radius 2 is 2.20 bits per heavy atom. The molecule has 1 amide bonds. The molecule has 0 unspecified atom stereocenters. The Hall–Kier alpha value is -1.33. The van der Waals surface area contributed by atoms with E-state index in [9.17, 15) is 4.79 Å². The van der Waals surface area contributed by atoms with Crippen molar-refractivity contribution >= 4 is 40.3 Å². The number of thioether (sulfide) groups is 1. The van der Waals surface area contributed by atoms with Crippen LogP contribution >= 0.6 is 24.0 Å². The summed E-state index contributed by atoms with van der Waals surface area (Å²) < 4.78 is 2.79. The molecule has 3 nitrogen and oxygen atoms in total. The molecule has 0 atom stereocenters. The van der Waals surface area contributed by atoms with Gasteiger partial charge in [0.15, 0.2) is 0 Å². The summed E-state index contributed by atoms with van der Waals surface area (Å²) in [5.74, 6) is -0.0325. The highest BCUT2D eigenvalue weighted by molar-refractivity contribution is 8.26. The maximum atomic E-state index is 12.2. The van der Waals surface area contributed by atoms with E-state index in [4.69, 9.17) is 12.2 Å². The number of hydrogen-bond donors (Lipinski definition) is 0. The van der Waals surface area contributed by atoms with Crippen LogP contribution in [-0.4, -0.2) is 26.2 Å². The first-order chi connectivity index (χ1) is 9.43. The minimum absolute atomic E-state index is 0.0325. The van der Waals surface area contributed by atoms with Gasteiger partial charge in [-0.2, -0.15) is 0 Å². The minimum atomic E-state index is -0.0325. The van der Waals surface area contributed by atoms with Crippen LogP contribution in [0.15, 0.2) is 29.8 Å². The highest BCUT2D eigenvalue weighted by atomic mass is 32.2. The Morgan fingerprint density at radius 1 is 1.50 bits per heavy atom. The van der Waals surface area contributed by atoms with E-state index >= 15 is 0 Å². The van der Waals surface area contributed by atoms with Crippen molar-refractivity contribution in [3.05, 3.63) is 41.1 Å². The molecule has 0 aliphatic carbocycles. The van der Waals surface area contributed by atoms with E-state index in [-0.39, 0.29) is 5.91 Å². The van der Waals surface area contributed by atoms with Gasteiger partial charge in [-0.1, -0.05) is 30.1 Å². The minimum Gasteiger partial charge on any atom is -0.349 e. The zero-order valence-corrected chi connectivity index (χ0v) is 13.6. The summed E-state index contributed by atoms with van der Waals surface area (Å²) in [6.45, 7) is 10.5. The van der Waals surface area contributed by atoms with E-state index in [1.165, 1.54) is 17.5 Å². The number of nitrogens with zero attached hydrogens (tertiary/aromatic N) is 2. The van der Waals surface area contributed by atoms with Crippen LogP contribution in [0.25, 0.3) is 6.08 Å². The number of carbonyl (C=O) groups excluding carboxylic acids is 1. The molecule has 1 saturated heterocycles. The monoisotopic (exact) mass is 306 g/mol. The van der Waals surface area contributed by atoms with Gasteiger partial charge in [-0.25, -0.2) is 0 Å². The van der Waals surface area contributed by atoms with Crippen molar-refractivity contribution in [2.24, 2.45) is 0 Å². The van der Waals surface area contributed by atoms with Crippen LogP contribution in [0.5, 0.6) is 0 Å². The molecule has 106 valence electrons.